The average molecular weight is 309 g/mol. The van der Waals surface area contributed by atoms with Gasteiger partial charge in [-0.05, 0) is 31.0 Å². The second-order valence-corrected chi connectivity index (χ2v) is 5.26. The zero-order valence-electron chi connectivity index (χ0n) is 12.0. The molecule has 112 valence electrons. The SMILES string of the molecule is COc1ccc(C)cc1C(Cc1cccc(F)c1Cl)NN. The topological polar surface area (TPSA) is 47.3 Å². The Morgan fingerprint density at radius 3 is 2.76 bits per heavy atom. The predicted octanol–water partition coefficient (Wildman–Crippen LogP) is 3.54. The third-order valence-corrected chi connectivity index (χ3v) is 3.84. The van der Waals surface area contributed by atoms with Gasteiger partial charge in [0.25, 0.3) is 0 Å². The molecule has 0 aliphatic heterocycles. The fraction of sp³-hybridized carbons (Fsp3) is 0.250. The van der Waals surface area contributed by atoms with E-state index in [4.69, 9.17) is 22.2 Å². The van der Waals surface area contributed by atoms with Crippen LogP contribution < -0.4 is 16.0 Å². The van der Waals surface area contributed by atoms with Crippen LogP contribution in [0.5, 0.6) is 5.75 Å². The van der Waals surface area contributed by atoms with Gasteiger partial charge in [0, 0.05) is 5.56 Å². The van der Waals surface area contributed by atoms with Crippen molar-refractivity contribution < 1.29 is 9.13 Å². The number of methoxy groups -OCH3 is 1. The van der Waals surface area contributed by atoms with Crippen LogP contribution in [0.4, 0.5) is 4.39 Å². The van der Waals surface area contributed by atoms with Gasteiger partial charge in [-0.2, -0.15) is 0 Å². The van der Waals surface area contributed by atoms with E-state index in [1.165, 1.54) is 6.07 Å². The molecule has 0 saturated heterocycles. The van der Waals surface area contributed by atoms with E-state index in [-0.39, 0.29) is 11.1 Å². The Kier molecular flexibility index (Phi) is 5.17. The number of aryl methyl sites for hydroxylation is 1. The highest BCUT2D eigenvalue weighted by atomic mass is 35.5. The molecule has 0 radical (unpaired) electrons. The second-order valence-electron chi connectivity index (χ2n) is 4.88. The molecular formula is C16H18ClFN2O. The number of benzene rings is 2. The van der Waals surface area contributed by atoms with Gasteiger partial charge in [-0.25, -0.2) is 4.39 Å². The summed E-state index contributed by atoms with van der Waals surface area (Å²) in [7, 11) is 1.61. The van der Waals surface area contributed by atoms with Gasteiger partial charge in [-0.3, -0.25) is 11.3 Å². The summed E-state index contributed by atoms with van der Waals surface area (Å²) in [6, 6.07) is 10.4. The normalized spacial score (nSPS) is 12.2. The minimum absolute atomic E-state index is 0.129. The van der Waals surface area contributed by atoms with Gasteiger partial charge in [-0.1, -0.05) is 41.4 Å². The number of hydrogen-bond acceptors (Lipinski definition) is 3. The van der Waals surface area contributed by atoms with Gasteiger partial charge in [0.1, 0.15) is 11.6 Å². The lowest BCUT2D eigenvalue weighted by Crippen LogP contribution is -2.30. The molecular weight excluding hydrogens is 291 g/mol. The Morgan fingerprint density at radius 2 is 2.10 bits per heavy atom. The average Bonchev–Trinajstić information content (AvgIpc) is 2.49. The molecule has 0 amide bonds. The molecule has 21 heavy (non-hydrogen) atoms. The van der Waals surface area contributed by atoms with Crippen LogP contribution in [0, 0.1) is 12.7 Å². The molecule has 0 heterocycles. The highest BCUT2D eigenvalue weighted by Crippen LogP contribution is 2.30. The fourth-order valence-corrected chi connectivity index (χ4v) is 2.51. The van der Waals surface area contributed by atoms with Crippen molar-refractivity contribution in [3.05, 3.63) is 63.9 Å². The minimum atomic E-state index is -0.429. The van der Waals surface area contributed by atoms with Crippen LogP contribution in [0.15, 0.2) is 36.4 Å². The van der Waals surface area contributed by atoms with Crippen molar-refractivity contribution in [1.29, 1.82) is 0 Å². The van der Waals surface area contributed by atoms with Crippen molar-refractivity contribution in [3.8, 4) is 5.75 Å². The molecule has 2 rings (SSSR count). The summed E-state index contributed by atoms with van der Waals surface area (Å²) in [6.45, 7) is 1.99. The molecule has 0 bridgehead atoms. The molecule has 0 spiro atoms. The minimum Gasteiger partial charge on any atom is -0.496 e. The van der Waals surface area contributed by atoms with Crippen molar-refractivity contribution in [2.45, 2.75) is 19.4 Å². The maximum Gasteiger partial charge on any atom is 0.142 e. The number of nitrogens with two attached hydrogens (primary N) is 1. The summed E-state index contributed by atoms with van der Waals surface area (Å²) in [5, 5.41) is 0.129. The van der Waals surface area contributed by atoms with E-state index < -0.39 is 5.82 Å². The van der Waals surface area contributed by atoms with E-state index in [1.807, 2.05) is 25.1 Å². The lowest BCUT2D eigenvalue weighted by atomic mass is 9.97. The van der Waals surface area contributed by atoms with Gasteiger partial charge < -0.3 is 4.74 Å². The Hall–Kier alpha value is -1.62. The van der Waals surface area contributed by atoms with Crippen molar-refractivity contribution in [1.82, 2.24) is 5.43 Å². The lowest BCUT2D eigenvalue weighted by Gasteiger charge is -2.20. The second kappa shape index (κ2) is 6.89. The van der Waals surface area contributed by atoms with Crippen LogP contribution in [0.3, 0.4) is 0 Å². The van der Waals surface area contributed by atoms with Gasteiger partial charge in [0.2, 0.25) is 0 Å². The van der Waals surface area contributed by atoms with E-state index >= 15 is 0 Å². The van der Waals surface area contributed by atoms with Crippen LogP contribution in [-0.2, 0) is 6.42 Å². The summed E-state index contributed by atoms with van der Waals surface area (Å²) in [5.41, 5.74) is 5.46. The van der Waals surface area contributed by atoms with Gasteiger partial charge in [0.15, 0.2) is 0 Å². The number of ether oxygens (including phenoxy) is 1. The summed E-state index contributed by atoms with van der Waals surface area (Å²) in [5.74, 6) is 5.98. The largest absolute Gasteiger partial charge is 0.496 e. The number of hydrogen-bond donors (Lipinski definition) is 2. The number of hydrazine groups is 1. The Morgan fingerprint density at radius 1 is 1.33 bits per heavy atom. The molecule has 0 fully saturated rings. The third kappa shape index (κ3) is 3.53. The van der Waals surface area contributed by atoms with Crippen LogP contribution >= 0.6 is 11.6 Å². The molecule has 2 aromatic rings. The molecule has 0 aromatic heterocycles. The predicted molar refractivity (Wildman–Crippen MR) is 82.9 cm³/mol. The first-order valence-corrected chi connectivity index (χ1v) is 6.98. The van der Waals surface area contributed by atoms with Crippen LogP contribution in [0.25, 0.3) is 0 Å². The first-order chi connectivity index (χ1) is 10.1. The Labute approximate surface area is 128 Å². The third-order valence-electron chi connectivity index (χ3n) is 3.42. The number of rotatable bonds is 5. The first kappa shape index (κ1) is 15.8. The molecule has 1 unspecified atom stereocenters. The van der Waals surface area contributed by atoms with Gasteiger partial charge in [-0.15, -0.1) is 0 Å². The van der Waals surface area contributed by atoms with Crippen molar-refractivity contribution in [2.24, 2.45) is 5.84 Å². The van der Waals surface area contributed by atoms with E-state index in [2.05, 4.69) is 5.43 Å². The maximum atomic E-state index is 13.5. The van der Waals surface area contributed by atoms with E-state index in [1.54, 1.807) is 19.2 Å². The van der Waals surface area contributed by atoms with E-state index in [0.717, 1.165) is 16.9 Å². The number of nitrogens with one attached hydrogen (secondary N) is 1. The van der Waals surface area contributed by atoms with Crippen molar-refractivity contribution in [3.63, 3.8) is 0 Å². The van der Waals surface area contributed by atoms with Crippen LogP contribution in [0.1, 0.15) is 22.7 Å². The molecule has 0 aliphatic rings. The smallest absolute Gasteiger partial charge is 0.142 e. The Balaban J connectivity index is 2.36. The van der Waals surface area contributed by atoms with Crippen molar-refractivity contribution in [2.75, 3.05) is 7.11 Å². The highest BCUT2D eigenvalue weighted by molar-refractivity contribution is 6.31. The molecule has 3 nitrogen and oxygen atoms in total. The quantitative estimate of drug-likeness (QED) is 0.656. The Bertz CT molecular complexity index is 634. The maximum absolute atomic E-state index is 13.5. The summed E-state index contributed by atoms with van der Waals surface area (Å²) < 4.78 is 18.9. The zero-order valence-corrected chi connectivity index (χ0v) is 12.7. The number of halogens is 2. The zero-order chi connectivity index (χ0) is 15.4. The van der Waals surface area contributed by atoms with E-state index in [9.17, 15) is 4.39 Å². The standard InChI is InChI=1S/C16H18ClFN2O/c1-10-6-7-15(21-2)12(8-10)14(20-19)9-11-4-3-5-13(18)16(11)17/h3-8,14,20H,9,19H2,1-2H3. The van der Waals surface area contributed by atoms with Crippen LogP contribution in [-0.4, -0.2) is 7.11 Å². The molecule has 3 N–H and O–H groups in total. The fourth-order valence-electron chi connectivity index (χ4n) is 2.31. The monoisotopic (exact) mass is 308 g/mol. The molecule has 0 saturated carbocycles. The molecule has 2 aromatic carbocycles. The first-order valence-electron chi connectivity index (χ1n) is 6.60. The van der Waals surface area contributed by atoms with E-state index in [0.29, 0.717) is 12.0 Å². The van der Waals surface area contributed by atoms with Gasteiger partial charge >= 0.3 is 0 Å². The summed E-state index contributed by atoms with van der Waals surface area (Å²) in [4.78, 5) is 0. The van der Waals surface area contributed by atoms with Gasteiger partial charge in [0.05, 0.1) is 18.2 Å². The molecule has 0 aliphatic carbocycles. The van der Waals surface area contributed by atoms with Crippen molar-refractivity contribution >= 4 is 11.6 Å². The molecule has 1 atom stereocenters. The summed E-state index contributed by atoms with van der Waals surface area (Å²) in [6.07, 6.45) is 0.465. The summed E-state index contributed by atoms with van der Waals surface area (Å²) >= 11 is 6.01. The molecule has 5 heteroatoms. The van der Waals surface area contributed by atoms with Crippen LogP contribution in [0.2, 0.25) is 5.02 Å². The highest BCUT2D eigenvalue weighted by Gasteiger charge is 2.18. The lowest BCUT2D eigenvalue weighted by molar-refractivity contribution is 0.399.